The van der Waals surface area contributed by atoms with Crippen LogP contribution in [0.4, 0.5) is 10.5 Å². The van der Waals surface area contributed by atoms with Gasteiger partial charge in [0.15, 0.2) is 0 Å². The molecule has 1 aromatic carbocycles. The molecule has 0 atom stereocenters. The van der Waals surface area contributed by atoms with Crippen LogP contribution in [-0.2, 0) is 16.6 Å². The molecular formula is C18H22N4O4S. The lowest BCUT2D eigenvalue weighted by Gasteiger charge is -2.28. The Balaban J connectivity index is 1.57. The van der Waals surface area contributed by atoms with E-state index in [1.165, 1.54) is 16.4 Å². The zero-order chi connectivity index (χ0) is 19.3. The number of carbonyl (C=O) groups excluding carboxylic acids is 1. The highest BCUT2D eigenvalue weighted by Gasteiger charge is 2.28. The summed E-state index contributed by atoms with van der Waals surface area (Å²) in [6, 6.07) is 9.29. The second-order valence-electron chi connectivity index (χ2n) is 6.33. The molecule has 2 heterocycles. The van der Waals surface area contributed by atoms with Gasteiger partial charge in [-0.1, -0.05) is 6.07 Å². The minimum absolute atomic E-state index is 0.167. The van der Waals surface area contributed by atoms with Crippen LogP contribution in [0.25, 0.3) is 0 Å². The maximum absolute atomic E-state index is 12.6. The van der Waals surface area contributed by atoms with Crippen LogP contribution in [0.5, 0.6) is 0 Å². The van der Waals surface area contributed by atoms with E-state index in [4.69, 9.17) is 0 Å². The molecule has 0 unspecified atom stereocenters. The van der Waals surface area contributed by atoms with Crippen molar-refractivity contribution < 1.29 is 18.3 Å². The van der Waals surface area contributed by atoms with E-state index in [9.17, 15) is 18.3 Å². The number of aliphatic hydroxyl groups excluding tert-OH is 1. The van der Waals surface area contributed by atoms with Crippen molar-refractivity contribution in [3.63, 3.8) is 0 Å². The quantitative estimate of drug-likeness (QED) is 0.717. The van der Waals surface area contributed by atoms with Crippen LogP contribution in [0.2, 0.25) is 0 Å². The number of rotatable bonds is 5. The van der Waals surface area contributed by atoms with Crippen molar-refractivity contribution >= 4 is 21.7 Å². The van der Waals surface area contributed by atoms with E-state index in [1.807, 2.05) is 6.07 Å². The van der Waals surface area contributed by atoms with Gasteiger partial charge in [0.05, 0.1) is 11.0 Å². The van der Waals surface area contributed by atoms with Crippen molar-refractivity contribution in [3.05, 3.63) is 54.4 Å². The highest BCUT2D eigenvalue weighted by Crippen LogP contribution is 2.22. The lowest BCUT2D eigenvalue weighted by atomic mass is 10.1. The number of carbonyl (C=O) groups is 1. The molecule has 3 rings (SSSR count). The Morgan fingerprint density at radius 3 is 2.52 bits per heavy atom. The maximum Gasteiger partial charge on any atom is 0.319 e. The molecule has 1 aromatic heterocycles. The zero-order valence-corrected chi connectivity index (χ0v) is 15.5. The molecule has 1 saturated heterocycles. The number of anilines is 1. The summed E-state index contributed by atoms with van der Waals surface area (Å²) in [6.07, 6.45) is 3.77. The van der Waals surface area contributed by atoms with Gasteiger partial charge in [-0.15, -0.1) is 0 Å². The number of urea groups is 1. The average Bonchev–Trinajstić information content (AvgIpc) is 2.68. The van der Waals surface area contributed by atoms with Crippen LogP contribution in [0, 0.1) is 0 Å². The normalized spacial score (nSPS) is 16.0. The van der Waals surface area contributed by atoms with E-state index in [0.717, 1.165) is 5.56 Å². The third-order valence-electron chi connectivity index (χ3n) is 4.35. The Morgan fingerprint density at radius 2 is 1.89 bits per heavy atom. The number of nitrogens with zero attached hydrogens (tertiary/aromatic N) is 2. The Kier molecular flexibility index (Phi) is 6.04. The number of hydrogen-bond donors (Lipinski definition) is 3. The van der Waals surface area contributed by atoms with Gasteiger partial charge in [-0.05, 0) is 48.7 Å². The first-order valence-electron chi connectivity index (χ1n) is 8.67. The van der Waals surface area contributed by atoms with Gasteiger partial charge >= 0.3 is 6.03 Å². The molecule has 0 saturated carbocycles. The lowest BCUT2D eigenvalue weighted by molar-refractivity contribution is 0.113. The molecule has 1 fully saturated rings. The van der Waals surface area contributed by atoms with Crippen LogP contribution >= 0.6 is 0 Å². The van der Waals surface area contributed by atoms with Crippen molar-refractivity contribution in [2.24, 2.45) is 0 Å². The summed E-state index contributed by atoms with van der Waals surface area (Å²) in [5.74, 6) is 0. The summed E-state index contributed by atoms with van der Waals surface area (Å²) in [5, 5.41) is 14.9. The van der Waals surface area contributed by atoms with E-state index in [-0.39, 0.29) is 10.9 Å². The summed E-state index contributed by atoms with van der Waals surface area (Å²) in [6.45, 7) is 0.952. The number of sulfonamides is 1. The number of piperidine rings is 1. The molecule has 2 amide bonds. The number of hydrogen-bond acceptors (Lipinski definition) is 5. The van der Waals surface area contributed by atoms with E-state index in [2.05, 4.69) is 15.6 Å². The van der Waals surface area contributed by atoms with Gasteiger partial charge in [0.25, 0.3) is 0 Å². The van der Waals surface area contributed by atoms with Crippen LogP contribution in [-0.4, -0.2) is 48.0 Å². The summed E-state index contributed by atoms with van der Waals surface area (Å²) in [4.78, 5) is 16.1. The van der Waals surface area contributed by atoms with Gasteiger partial charge < -0.3 is 15.7 Å². The van der Waals surface area contributed by atoms with E-state index in [1.54, 1.807) is 30.6 Å². The molecule has 0 radical (unpaired) electrons. The zero-order valence-electron chi connectivity index (χ0n) is 14.7. The Labute approximate surface area is 158 Å². The van der Waals surface area contributed by atoms with Crippen molar-refractivity contribution in [1.82, 2.24) is 14.6 Å². The van der Waals surface area contributed by atoms with E-state index in [0.29, 0.717) is 38.2 Å². The number of benzene rings is 1. The van der Waals surface area contributed by atoms with Gasteiger partial charge in [0, 0.05) is 37.7 Å². The van der Waals surface area contributed by atoms with Gasteiger partial charge in [-0.25, -0.2) is 13.2 Å². The topological polar surface area (TPSA) is 112 Å². The SMILES string of the molecule is O=C(NCc1cccnc1)Nc1ccc(S(=O)(=O)N2CCC(O)CC2)cc1. The van der Waals surface area contributed by atoms with Crippen LogP contribution in [0.1, 0.15) is 18.4 Å². The highest BCUT2D eigenvalue weighted by molar-refractivity contribution is 7.89. The minimum Gasteiger partial charge on any atom is -0.393 e. The van der Waals surface area contributed by atoms with Crippen molar-refractivity contribution in [1.29, 1.82) is 0 Å². The second-order valence-corrected chi connectivity index (χ2v) is 8.27. The van der Waals surface area contributed by atoms with E-state index < -0.39 is 16.1 Å². The lowest BCUT2D eigenvalue weighted by Crippen LogP contribution is -2.39. The van der Waals surface area contributed by atoms with Crippen molar-refractivity contribution in [2.45, 2.75) is 30.4 Å². The van der Waals surface area contributed by atoms with Gasteiger partial charge in [0.1, 0.15) is 0 Å². The molecule has 0 aliphatic carbocycles. The summed E-state index contributed by atoms with van der Waals surface area (Å²) in [5.41, 5.74) is 1.37. The third-order valence-corrected chi connectivity index (χ3v) is 6.26. The molecule has 1 aliphatic rings. The molecule has 8 nitrogen and oxygen atoms in total. The van der Waals surface area contributed by atoms with Crippen molar-refractivity contribution in [3.8, 4) is 0 Å². The smallest absolute Gasteiger partial charge is 0.319 e. The van der Waals surface area contributed by atoms with Gasteiger partial charge in [-0.3, -0.25) is 4.98 Å². The standard InChI is InChI=1S/C18H22N4O4S/c23-16-7-10-22(11-8-16)27(25,26)17-5-3-15(4-6-17)21-18(24)20-13-14-2-1-9-19-12-14/h1-6,9,12,16,23H,7-8,10-11,13H2,(H2,20,21,24). The predicted molar refractivity (Wildman–Crippen MR) is 101 cm³/mol. The molecule has 3 N–H and O–H groups in total. The number of pyridine rings is 1. The van der Waals surface area contributed by atoms with Crippen molar-refractivity contribution in [2.75, 3.05) is 18.4 Å². The molecule has 27 heavy (non-hydrogen) atoms. The highest BCUT2D eigenvalue weighted by atomic mass is 32.2. The minimum atomic E-state index is -3.59. The molecular weight excluding hydrogens is 368 g/mol. The molecule has 0 bridgehead atoms. The first kappa shape index (κ1) is 19.3. The molecule has 0 spiro atoms. The molecule has 144 valence electrons. The first-order chi connectivity index (χ1) is 12.9. The molecule has 1 aliphatic heterocycles. The maximum atomic E-state index is 12.6. The number of aliphatic hydroxyl groups is 1. The fourth-order valence-corrected chi connectivity index (χ4v) is 4.27. The monoisotopic (exact) mass is 390 g/mol. The Morgan fingerprint density at radius 1 is 1.19 bits per heavy atom. The predicted octanol–water partition coefficient (Wildman–Crippen LogP) is 1.55. The largest absolute Gasteiger partial charge is 0.393 e. The van der Waals surface area contributed by atoms with Crippen LogP contribution in [0.3, 0.4) is 0 Å². The summed E-state index contributed by atoms with van der Waals surface area (Å²) < 4.78 is 26.6. The first-order valence-corrected chi connectivity index (χ1v) is 10.1. The number of aromatic nitrogens is 1. The fourth-order valence-electron chi connectivity index (χ4n) is 2.80. The number of amides is 2. The third kappa shape index (κ3) is 5.03. The van der Waals surface area contributed by atoms with Gasteiger partial charge in [0.2, 0.25) is 10.0 Å². The number of nitrogens with one attached hydrogen (secondary N) is 2. The van der Waals surface area contributed by atoms with Crippen LogP contribution in [0.15, 0.2) is 53.7 Å². The second kappa shape index (κ2) is 8.47. The Hall–Kier alpha value is -2.49. The fraction of sp³-hybridized carbons (Fsp3) is 0.333. The molecule has 9 heteroatoms. The van der Waals surface area contributed by atoms with Crippen LogP contribution < -0.4 is 10.6 Å². The summed E-state index contributed by atoms with van der Waals surface area (Å²) in [7, 11) is -3.59. The summed E-state index contributed by atoms with van der Waals surface area (Å²) >= 11 is 0. The van der Waals surface area contributed by atoms with E-state index >= 15 is 0 Å². The Bertz CT molecular complexity index is 864. The average molecular weight is 390 g/mol. The van der Waals surface area contributed by atoms with Gasteiger partial charge in [-0.2, -0.15) is 4.31 Å². The molecule has 2 aromatic rings.